The van der Waals surface area contributed by atoms with E-state index in [1.807, 2.05) is 72.8 Å². The predicted octanol–water partition coefficient (Wildman–Crippen LogP) is 3.15. The van der Waals surface area contributed by atoms with Crippen LogP contribution in [0.3, 0.4) is 0 Å². The van der Waals surface area contributed by atoms with Crippen LogP contribution in [0.15, 0.2) is 59.4 Å². The van der Waals surface area contributed by atoms with Crippen molar-refractivity contribution >= 4 is 22.6 Å². The van der Waals surface area contributed by atoms with Gasteiger partial charge in [-0.3, -0.25) is 18.6 Å². The maximum atomic E-state index is 13.3. The average molecular weight is 462 g/mol. The molecule has 8 heteroatoms. The Morgan fingerprint density at radius 3 is 2.59 bits per heavy atom. The normalized spacial score (nSPS) is 11.5. The van der Waals surface area contributed by atoms with Gasteiger partial charge in [-0.1, -0.05) is 42.5 Å². The molecule has 0 atom stereocenters. The van der Waals surface area contributed by atoms with E-state index in [9.17, 15) is 9.59 Å². The lowest BCUT2D eigenvalue weighted by Gasteiger charge is -2.12. The van der Waals surface area contributed by atoms with Crippen molar-refractivity contribution in [2.75, 3.05) is 13.2 Å². The van der Waals surface area contributed by atoms with Crippen molar-refractivity contribution in [3.63, 3.8) is 0 Å². The fourth-order valence-corrected chi connectivity index (χ4v) is 4.00. The van der Waals surface area contributed by atoms with Crippen LogP contribution in [0.1, 0.15) is 38.1 Å². The van der Waals surface area contributed by atoms with Gasteiger partial charge in [0.05, 0.1) is 17.0 Å². The van der Waals surface area contributed by atoms with Crippen LogP contribution >= 0.6 is 0 Å². The number of carbonyl (C=O) groups is 1. The third-order valence-corrected chi connectivity index (χ3v) is 5.71. The smallest absolute Gasteiger partial charge is 0.262 e. The molecule has 0 fully saturated rings. The second-order valence-electron chi connectivity index (χ2n) is 8.58. The summed E-state index contributed by atoms with van der Waals surface area (Å²) < 4.78 is 9.09. The number of nitrogens with one attached hydrogen (secondary N) is 1. The first-order valence-corrected chi connectivity index (χ1v) is 11.8. The van der Waals surface area contributed by atoms with Gasteiger partial charge in [0.2, 0.25) is 11.7 Å². The molecule has 4 aromatic rings. The van der Waals surface area contributed by atoms with E-state index in [1.165, 1.54) is 0 Å². The molecule has 0 aliphatic heterocycles. The summed E-state index contributed by atoms with van der Waals surface area (Å²) in [4.78, 5) is 25.6. The van der Waals surface area contributed by atoms with E-state index in [1.54, 1.807) is 4.57 Å². The number of rotatable bonds is 11. The van der Waals surface area contributed by atoms with Gasteiger partial charge >= 0.3 is 0 Å². The van der Waals surface area contributed by atoms with Crippen LogP contribution in [-0.4, -0.2) is 44.3 Å². The second kappa shape index (κ2) is 11.1. The van der Waals surface area contributed by atoms with Gasteiger partial charge < -0.3 is 10.1 Å². The predicted molar refractivity (Wildman–Crippen MR) is 132 cm³/mol. The Bertz CT molecular complexity index is 1310. The molecule has 8 nitrogen and oxygen atoms in total. The van der Waals surface area contributed by atoms with Crippen molar-refractivity contribution < 1.29 is 9.53 Å². The van der Waals surface area contributed by atoms with Crippen molar-refractivity contribution in [2.24, 2.45) is 0 Å². The zero-order chi connectivity index (χ0) is 23.9. The molecule has 0 saturated heterocycles. The van der Waals surface area contributed by atoms with E-state index in [2.05, 4.69) is 15.5 Å². The first-order chi connectivity index (χ1) is 16.5. The number of amides is 1. The van der Waals surface area contributed by atoms with Crippen molar-refractivity contribution in [3.05, 3.63) is 76.3 Å². The zero-order valence-electron chi connectivity index (χ0n) is 19.7. The SMILES string of the molecule is CC(C)OCCCNC(=O)CCc1nnc2n(CCc3ccccc3)c(=O)c3ccccc3n12. The van der Waals surface area contributed by atoms with Gasteiger partial charge in [-0.05, 0) is 44.4 Å². The molecule has 178 valence electrons. The monoisotopic (exact) mass is 461 g/mol. The minimum Gasteiger partial charge on any atom is -0.379 e. The lowest BCUT2D eigenvalue weighted by atomic mass is 10.1. The van der Waals surface area contributed by atoms with Crippen LogP contribution < -0.4 is 10.9 Å². The Morgan fingerprint density at radius 1 is 1.03 bits per heavy atom. The van der Waals surface area contributed by atoms with Gasteiger partial charge in [0.25, 0.3) is 5.56 Å². The molecule has 0 aliphatic rings. The van der Waals surface area contributed by atoms with Crippen LogP contribution in [0.5, 0.6) is 0 Å². The van der Waals surface area contributed by atoms with Crippen LogP contribution in [0.2, 0.25) is 0 Å². The number of aryl methyl sites for hydroxylation is 3. The van der Waals surface area contributed by atoms with E-state index < -0.39 is 0 Å². The summed E-state index contributed by atoms with van der Waals surface area (Å²) in [5, 5.41) is 12.2. The molecule has 0 bridgehead atoms. The molecule has 2 aromatic carbocycles. The largest absolute Gasteiger partial charge is 0.379 e. The molecule has 2 aromatic heterocycles. The van der Waals surface area contributed by atoms with Crippen molar-refractivity contribution in [1.29, 1.82) is 0 Å². The van der Waals surface area contributed by atoms with Crippen molar-refractivity contribution in [3.8, 4) is 0 Å². The first kappa shape index (κ1) is 23.6. The van der Waals surface area contributed by atoms with Crippen LogP contribution in [0.4, 0.5) is 0 Å². The fourth-order valence-electron chi connectivity index (χ4n) is 4.00. The van der Waals surface area contributed by atoms with Crippen LogP contribution in [-0.2, 0) is 28.9 Å². The van der Waals surface area contributed by atoms with Gasteiger partial charge in [0.15, 0.2) is 0 Å². The van der Waals surface area contributed by atoms with E-state index >= 15 is 0 Å². The number of fused-ring (bicyclic) bond motifs is 3. The van der Waals surface area contributed by atoms with Crippen molar-refractivity contribution in [1.82, 2.24) is 24.5 Å². The number of hydrogen-bond acceptors (Lipinski definition) is 5. The summed E-state index contributed by atoms with van der Waals surface area (Å²) in [6.07, 6.45) is 2.40. The highest BCUT2D eigenvalue weighted by molar-refractivity contribution is 5.80. The highest BCUT2D eigenvalue weighted by Crippen LogP contribution is 2.16. The van der Waals surface area contributed by atoms with Gasteiger partial charge in [0, 0.05) is 32.5 Å². The molecule has 34 heavy (non-hydrogen) atoms. The molecular formula is C26H31N5O3. The highest BCUT2D eigenvalue weighted by atomic mass is 16.5. The number of nitrogens with zero attached hydrogens (tertiary/aromatic N) is 4. The lowest BCUT2D eigenvalue weighted by Crippen LogP contribution is -2.26. The summed E-state index contributed by atoms with van der Waals surface area (Å²) >= 11 is 0. The summed E-state index contributed by atoms with van der Waals surface area (Å²) in [5.41, 5.74) is 1.82. The average Bonchev–Trinajstić information content (AvgIpc) is 3.27. The molecule has 0 saturated carbocycles. The molecule has 1 N–H and O–H groups in total. The second-order valence-corrected chi connectivity index (χ2v) is 8.58. The molecule has 0 spiro atoms. The number of hydrogen-bond donors (Lipinski definition) is 1. The maximum absolute atomic E-state index is 13.3. The Balaban J connectivity index is 1.53. The van der Waals surface area contributed by atoms with E-state index in [-0.39, 0.29) is 17.6 Å². The minimum atomic E-state index is -0.0839. The van der Waals surface area contributed by atoms with E-state index in [0.717, 1.165) is 17.5 Å². The van der Waals surface area contributed by atoms with Gasteiger partial charge in [-0.25, -0.2) is 0 Å². The molecule has 0 radical (unpaired) electrons. The fraction of sp³-hybridized carbons (Fsp3) is 0.385. The van der Waals surface area contributed by atoms with Gasteiger partial charge in [0.1, 0.15) is 5.82 Å². The molecular weight excluding hydrogens is 430 g/mol. The van der Waals surface area contributed by atoms with Crippen LogP contribution in [0, 0.1) is 0 Å². The van der Waals surface area contributed by atoms with Crippen molar-refractivity contribution in [2.45, 2.75) is 52.2 Å². The number of aromatic nitrogens is 4. The molecule has 2 heterocycles. The Kier molecular flexibility index (Phi) is 7.69. The number of carbonyl (C=O) groups excluding carboxylic acids is 1. The maximum Gasteiger partial charge on any atom is 0.262 e. The van der Waals surface area contributed by atoms with Gasteiger partial charge in [-0.15, -0.1) is 10.2 Å². The first-order valence-electron chi connectivity index (χ1n) is 11.8. The highest BCUT2D eigenvalue weighted by Gasteiger charge is 2.17. The van der Waals surface area contributed by atoms with E-state index in [0.29, 0.717) is 55.9 Å². The lowest BCUT2D eigenvalue weighted by molar-refractivity contribution is -0.121. The molecule has 0 aliphatic carbocycles. The van der Waals surface area contributed by atoms with Crippen LogP contribution in [0.25, 0.3) is 16.7 Å². The third-order valence-electron chi connectivity index (χ3n) is 5.71. The summed E-state index contributed by atoms with van der Waals surface area (Å²) in [6, 6.07) is 17.5. The topological polar surface area (TPSA) is 90.5 Å². The Morgan fingerprint density at radius 2 is 1.79 bits per heavy atom. The third kappa shape index (κ3) is 5.51. The van der Waals surface area contributed by atoms with E-state index in [4.69, 9.17) is 4.74 Å². The summed E-state index contributed by atoms with van der Waals surface area (Å²) in [5.74, 6) is 1.13. The zero-order valence-corrected chi connectivity index (χ0v) is 19.7. The Hall–Kier alpha value is -3.52. The Labute approximate surface area is 198 Å². The summed E-state index contributed by atoms with van der Waals surface area (Å²) in [7, 11) is 0. The van der Waals surface area contributed by atoms with Gasteiger partial charge in [-0.2, -0.15) is 0 Å². The number of ether oxygens (including phenoxy) is 1. The number of para-hydroxylation sites is 1. The quantitative estimate of drug-likeness (QED) is 0.347. The number of benzene rings is 2. The summed E-state index contributed by atoms with van der Waals surface area (Å²) in [6.45, 7) is 5.68. The molecule has 1 amide bonds. The minimum absolute atomic E-state index is 0.0389. The molecule has 0 unspecified atom stereocenters. The standard InChI is InChI=1S/C26H31N5O3/c1-19(2)34-18-8-16-27-24(32)14-13-23-28-29-26-30(17-15-20-9-4-3-5-10-20)25(33)21-11-6-7-12-22(21)31(23)26/h3-7,9-12,19H,8,13-18H2,1-2H3,(H,27,32). The molecule has 4 rings (SSSR count).